The fourth-order valence-electron chi connectivity index (χ4n) is 4.29. The molecule has 1 saturated heterocycles. The smallest absolute Gasteiger partial charge is 0.253 e. The van der Waals surface area contributed by atoms with Crippen LogP contribution in [0.2, 0.25) is 0 Å². The summed E-state index contributed by atoms with van der Waals surface area (Å²) in [5, 5.41) is 5.66. The molecule has 35 heavy (non-hydrogen) atoms. The van der Waals surface area contributed by atoms with Crippen LogP contribution in [0.4, 0.5) is 4.39 Å². The summed E-state index contributed by atoms with van der Waals surface area (Å²) in [6.45, 7) is 1.53. The van der Waals surface area contributed by atoms with Gasteiger partial charge in [0.2, 0.25) is 12.7 Å². The Morgan fingerprint density at radius 1 is 1.09 bits per heavy atom. The molecule has 1 unspecified atom stereocenters. The maximum Gasteiger partial charge on any atom is 0.253 e. The van der Waals surface area contributed by atoms with Crippen LogP contribution in [0.1, 0.15) is 33.6 Å². The Hall–Kier alpha value is -3.66. The minimum absolute atomic E-state index is 0.0951. The number of hydrogen-bond acceptors (Lipinski definition) is 6. The van der Waals surface area contributed by atoms with Gasteiger partial charge in [-0.3, -0.25) is 14.4 Å². The number of likely N-dealkylation sites (tertiary alicyclic amines) is 1. The Balaban J connectivity index is 1.43. The van der Waals surface area contributed by atoms with Gasteiger partial charge < -0.3 is 29.7 Å². The maximum absolute atomic E-state index is 13.5. The molecule has 2 aliphatic rings. The molecule has 0 aliphatic carbocycles. The summed E-state index contributed by atoms with van der Waals surface area (Å²) in [6, 6.07) is 9.64. The summed E-state index contributed by atoms with van der Waals surface area (Å²) < 4.78 is 29.2. The standard InChI is InChI=1S/C25H28FN3O6/c1-33-12-9-27-24(31)22(28-23(30)17-5-6-20-21(14-17)35-15-34-20)16-7-10-29(11-8-16)25(32)18-3-2-4-19(26)13-18/h2-6,13-14,16,22H,7-12,15H2,1H3,(H,27,31)(H,28,30). The predicted octanol–water partition coefficient (Wildman–Crippen LogP) is 1.97. The summed E-state index contributed by atoms with van der Waals surface area (Å²) in [5.41, 5.74) is 0.635. The number of nitrogens with zero attached hydrogens (tertiary/aromatic N) is 1. The van der Waals surface area contributed by atoms with Gasteiger partial charge >= 0.3 is 0 Å². The second kappa shape index (κ2) is 11.2. The Morgan fingerprint density at radius 2 is 1.86 bits per heavy atom. The molecule has 9 nitrogen and oxygen atoms in total. The minimum Gasteiger partial charge on any atom is -0.454 e. The van der Waals surface area contributed by atoms with Gasteiger partial charge in [0.15, 0.2) is 11.5 Å². The third kappa shape index (κ3) is 5.89. The first-order valence-corrected chi connectivity index (χ1v) is 11.5. The number of methoxy groups -OCH3 is 1. The summed E-state index contributed by atoms with van der Waals surface area (Å²) in [4.78, 5) is 40.4. The third-order valence-corrected chi connectivity index (χ3v) is 6.18. The number of piperidine rings is 1. The van der Waals surface area contributed by atoms with Crippen LogP contribution in [0.3, 0.4) is 0 Å². The quantitative estimate of drug-likeness (QED) is 0.554. The Bertz CT molecular complexity index is 1090. The molecule has 0 spiro atoms. The number of rotatable bonds is 8. The lowest BCUT2D eigenvalue weighted by Gasteiger charge is -2.36. The van der Waals surface area contributed by atoms with Crippen LogP contribution < -0.4 is 20.1 Å². The zero-order valence-corrected chi connectivity index (χ0v) is 19.4. The molecule has 2 aromatic carbocycles. The first kappa shape index (κ1) is 24.5. The zero-order chi connectivity index (χ0) is 24.8. The van der Waals surface area contributed by atoms with E-state index in [9.17, 15) is 18.8 Å². The molecule has 0 radical (unpaired) electrons. The van der Waals surface area contributed by atoms with Gasteiger partial charge in [0.25, 0.3) is 11.8 Å². The van der Waals surface area contributed by atoms with Gasteiger partial charge in [-0.05, 0) is 55.2 Å². The Morgan fingerprint density at radius 3 is 2.60 bits per heavy atom. The lowest BCUT2D eigenvalue weighted by Crippen LogP contribution is -2.54. The summed E-state index contributed by atoms with van der Waals surface area (Å²) in [5.74, 6) is -0.599. The summed E-state index contributed by atoms with van der Waals surface area (Å²) >= 11 is 0. The van der Waals surface area contributed by atoms with Crippen LogP contribution >= 0.6 is 0 Å². The molecular formula is C25H28FN3O6. The second-order valence-electron chi connectivity index (χ2n) is 8.44. The van der Waals surface area contributed by atoms with Crippen molar-refractivity contribution in [2.24, 2.45) is 5.92 Å². The van der Waals surface area contributed by atoms with Crippen molar-refractivity contribution in [1.29, 1.82) is 0 Å². The molecule has 2 heterocycles. The van der Waals surface area contributed by atoms with Crippen LogP contribution in [-0.2, 0) is 9.53 Å². The van der Waals surface area contributed by atoms with Crippen molar-refractivity contribution in [3.8, 4) is 11.5 Å². The van der Waals surface area contributed by atoms with Crippen molar-refractivity contribution in [2.75, 3.05) is 40.1 Å². The van der Waals surface area contributed by atoms with Crippen molar-refractivity contribution in [2.45, 2.75) is 18.9 Å². The lowest BCUT2D eigenvalue weighted by atomic mass is 9.88. The van der Waals surface area contributed by atoms with Crippen molar-refractivity contribution >= 4 is 17.7 Å². The van der Waals surface area contributed by atoms with E-state index >= 15 is 0 Å². The SMILES string of the molecule is COCCNC(=O)C(NC(=O)c1ccc2c(c1)OCO2)C1CCN(C(=O)c2cccc(F)c2)CC1. The van der Waals surface area contributed by atoms with Gasteiger partial charge in [-0.15, -0.1) is 0 Å². The van der Waals surface area contributed by atoms with Crippen molar-refractivity contribution in [3.05, 3.63) is 59.4 Å². The topological polar surface area (TPSA) is 106 Å². The van der Waals surface area contributed by atoms with Crippen molar-refractivity contribution in [1.82, 2.24) is 15.5 Å². The van der Waals surface area contributed by atoms with Crippen molar-refractivity contribution in [3.63, 3.8) is 0 Å². The molecule has 3 amide bonds. The monoisotopic (exact) mass is 485 g/mol. The minimum atomic E-state index is -0.795. The fourth-order valence-corrected chi connectivity index (χ4v) is 4.29. The third-order valence-electron chi connectivity index (χ3n) is 6.18. The first-order valence-electron chi connectivity index (χ1n) is 11.5. The van der Waals surface area contributed by atoms with Gasteiger partial charge in [-0.2, -0.15) is 0 Å². The molecule has 1 fully saturated rings. The lowest BCUT2D eigenvalue weighted by molar-refractivity contribution is -0.124. The largest absolute Gasteiger partial charge is 0.454 e. The molecule has 0 saturated carbocycles. The zero-order valence-electron chi connectivity index (χ0n) is 19.4. The Kier molecular flexibility index (Phi) is 7.81. The number of carbonyl (C=O) groups is 3. The average molecular weight is 486 g/mol. The summed E-state index contributed by atoms with van der Waals surface area (Å²) in [7, 11) is 1.54. The number of hydrogen-bond donors (Lipinski definition) is 2. The molecule has 4 rings (SSSR count). The normalized spacial score (nSPS) is 16.0. The molecule has 2 aliphatic heterocycles. The van der Waals surface area contributed by atoms with E-state index in [1.807, 2.05) is 0 Å². The maximum atomic E-state index is 13.5. The van der Waals surface area contributed by atoms with Gasteiger partial charge in [-0.1, -0.05) is 6.07 Å². The highest BCUT2D eigenvalue weighted by atomic mass is 19.1. The van der Waals surface area contributed by atoms with E-state index in [0.717, 1.165) is 0 Å². The van der Waals surface area contributed by atoms with Gasteiger partial charge in [-0.25, -0.2) is 4.39 Å². The number of fused-ring (bicyclic) bond motifs is 1. The van der Waals surface area contributed by atoms with Crippen molar-refractivity contribution < 1.29 is 33.0 Å². The predicted molar refractivity (Wildman–Crippen MR) is 124 cm³/mol. The molecule has 10 heteroatoms. The molecule has 186 valence electrons. The summed E-state index contributed by atoms with van der Waals surface area (Å²) in [6.07, 6.45) is 1.01. The number of benzene rings is 2. The van der Waals surface area contributed by atoms with Gasteiger partial charge in [0.05, 0.1) is 6.61 Å². The number of ether oxygens (including phenoxy) is 3. The van der Waals surface area contributed by atoms with E-state index in [0.29, 0.717) is 56.1 Å². The van der Waals surface area contributed by atoms with E-state index in [4.69, 9.17) is 14.2 Å². The number of halogens is 1. The molecule has 0 aromatic heterocycles. The molecule has 1 atom stereocenters. The molecule has 2 N–H and O–H groups in total. The van der Waals surface area contributed by atoms with Crippen LogP contribution in [0.15, 0.2) is 42.5 Å². The Labute approximate surface area is 202 Å². The highest BCUT2D eigenvalue weighted by Gasteiger charge is 2.34. The average Bonchev–Trinajstić information content (AvgIpc) is 3.35. The van der Waals surface area contributed by atoms with Crippen LogP contribution in [0, 0.1) is 11.7 Å². The molecule has 2 aromatic rings. The van der Waals surface area contributed by atoms with Crippen LogP contribution in [0.25, 0.3) is 0 Å². The molecular weight excluding hydrogens is 457 g/mol. The van der Waals surface area contributed by atoms with Crippen LogP contribution in [-0.4, -0.2) is 68.8 Å². The van der Waals surface area contributed by atoms with E-state index in [1.54, 1.807) is 29.2 Å². The highest BCUT2D eigenvalue weighted by Crippen LogP contribution is 2.32. The van der Waals surface area contributed by atoms with Crippen LogP contribution in [0.5, 0.6) is 11.5 Å². The number of amides is 3. The number of nitrogens with one attached hydrogen (secondary N) is 2. The first-order chi connectivity index (χ1) is 17.0. The van der Waals surface area contributed by atoms with Gasteiger partial charge in [0.1, 0.15) is 11.9 Å². The van der Waals surface area contributed by atoms with E-state index in [1.165, 1.54) is 25.3 Å². The second-order valence-corrected chi connectivity index (χ2v) is 8.44. The number of carbonyl (C=O) groups excluding carboxylic acids is 3. The van der Waals surface area contributed by atoms with Gasteiger partial charge in [0, 0.05) is 37.9 Å². The fraction of sp³-hybridized carbons (Fsp3) is 0.400. The highest BCUT2D eigenvalue weighted by molar-refractivity contribution is 5.98. The van der Waals surface area contributed by atoms with E-state index < -0.39 is 17.8 Å². The van der Waals surface area contributed by atoms with E-state index in [-0.39, 0.29) is 30.1 Å². The molecule has 0 bridgehead atoms. The van der Waals surface area contributed by atoms with E-state index in [2.05, 4.69) is 10.6 Å².